The highest BCUT2D eigenvalue weighted by atomic mass is 127. The molecule has 0 aliphatic carbocycles. The first kappa shape index (κ1) is 16.2. The van der Waals surface area contributed by atoms with Gasteiger partial charge in [-0.2, -0.15) is 4.40 Å². The highest BCUT2D eigenvalue weighted by Crippen LogP contribution is 2.25. The van der Waals surface area contributed by atoms with Gasteiger partial charge in [-0.25, -0.2) is 4.57 Å². The van der Waals surface area contributed by atoms with E-state index >= 15 is 0 Å². The molecule has 3 nitrogen and oxygen atoms in total. The van der Waals surface area contributed by atoms with Crippen molar-refractivity contribution in [3.8, 4) is 0 Å². The number of imidazole rings is 1. The molecule has 0 spiro atoms. The molecule has 3 rings (SSSR count). The lowest BCUT2D eigenvalue weighted by atomic mass is 9.91. The number of halogens is 1. The second-order valence-corrected chi connectivity index (χ2v) is 6.38. The van der Waals surface area contributed by atoms with Crippen LogP contribution < -0.4 is 28.5 Å². The third kappa shape index (κ3) is 2.54. The number of fused-ring (bicyclic) bond motifs is 3. The first-order chi connectivity index (χ1) is 9.43. The molecule has 0 radical (unpaired) electrons. The predicted molar refractivity (Wildman–Crippen MR) is 82.0 cm³/mol. The maximum Gasteiger partial charge on any atom is 0.287 e. The van der Waals surface area contributed by atoms with Crippen molar-refractivity contribution < 1.29 is 28.5 Å². The highest BCUT2D eigenvalue weighted by Gasteiger charge is 2.24. The van der Waals surface area contributed by atoms with Gasteiger partial charge in [-0.3, -0.25) is 4.98 Å². The van der Waals surface area contributed by atoms with Crippen LogP contribution in [0.1, 0.15) is 39.1 Å². The summed E-state index contributed by atoms with van der Waals surface area (Å²) in [4.78, 5) is 4.84. The van der Waals surface area contributed by atoms with Crippen LogP contribution in [0.3, 0.4) is 0 Å². The zero-order chi connectivity index (χ0) is 14.5. The molecule has 4 heteroatoms. The molecular weight excluding hydrogens is 373 g/mol. The number of aryl methyl sites for hydroxylation is 2. The normalized spacial score (nSPS) is 11.9. The molecule has 0 aromatic carbocycles. The molecule has 0 aliphatic rings. The van der Waals surface area contributed by atoms with Crippen LogP contribution in [0.15, 0.2) is 30.5 Å². The lowest BCUT2D eigenvalue weighted by molar-refractivity contribution is -0.642. The minimum atomic E-state index is 0. The zero-order valence-electron chi connectivity index (χ0n) is 13.3. The molecule has 0 saturated carbocycles. The summed E-state index contributed by atoms with van der Waals surface area (Å²) in [5, 5.41) is 0. The van der Waals surface area contributed by atoms with Crippen LogP contribution in [0.2, 0.25) is 0 Å². The van der Waals surface area contributed by atoms with Gasteiger partial charge in [0.2, 0.25) is 0 Å². The van der Waals surface area contributed by atoms with E-state index in [9.17, 15) is 0 Å². The number of nitrogens with zero attached hydrogens (tertiary/aromatic N) is 3. The third-order valence-electron chi connectivity index (χ3n) is 3.88. The Bertz CT molecular complexity index is 797. The number of hydrogen-bond acceptors (Lipinski definition) is 1. The van der Waals surface area contributed by atoms with E-state index in [1.165, 1.54) is 16.7 Å². The first-order valence-corrected chi connectivity index (χ1v) is 7.24. The van der Waals surface area contributed by atoms with Gasteiger partial charge in [0.05, 0.1) is 24.1 Å². The summed E-state index contributed by atoms with van der Waals surface area (Å²) >= 11 is 0. The summed E-state index contributed by atoms with van der Waals surface area (Å²) in [6.07, 6.45) is 2.13. The van der Waals surface area contributed by atoms with Gasteiger partial charge in [0, 0.05) is 17.5 Å². The van der Waals surface area contributed by atoms with E-state index in [4.69, 9.17) is 4.98 Å². The number of rotatable bonds is 1. The largest absolute Gasteiger partial charge is 1.00 e. The molecule has 0 fully saturated rings. The lowest BCUT2D eigenvalue weighted by Crippen LogP contribution is -3.00. The Hall–Kier alpha value is -1.17. The topological polar surface area (TPSA) is 21.2 Å². The van der Waals surface area contributed by atoms with Gasteiger partial charge < -0.3 is 24.0 Å². The van der Waals surface area contributed by atoms with Crippen LogP contribution in [0.4, 0.5) is 0 Å². The molecule has 0 bridgehead atoms. The molecule has 0 N–H and O–H groups in total. The fourth-order valence-corrected chi connectivity index (χ4v) is 2.84. The minimum Gasteiger partial charge on any atom is -1.00 e. The van der Waals surface area contributed by atoms with Crippen molar-refractivity contribution in [2.24, 2.45) is 0 Å². The van der Waals surface area contributed by atoms with Crippen molar-refractivity contribution in [2.75, 3.05) is 0 Å². The fraction of sp³-hybridized carbons (Fsp3) is 0.412. The Morgan fingerprint density at radius 1 is 1.24 bits per heavy atom. The average Bonchev–Trinajstić information content (AvgIpc) is 2.72. The molecule has 0 saturated heterocycles. The molecule has 3 heterocycles. The monoisotopic (exact) mass is 395 g/mol. The maximum absolute atomic E-state index is 4.84. The molecular formula is C17H22IN3. The average molecular weight is 395 g/mol. The van der Waals surface area contributed by atoms with Gasteiger partial charge in [0.1, 0.15) is 0 Å². The summed E-state index contributed by atoms with van der Waals surface area (Å²) < 4.78 is 4.60. The smallest absolute Gasteiger partial charge is 0.287 e. The molecule has 0 unspecified atom stereocenters. The van der Waals surface area contributed by atoms with Crippen LogP contribution in [-0.2, 0) is 12.0 Å². The fourth-order valence-electron chi connectivity index (χ4n) is 2.84. The van der Waals surface area contributed by atoms with Gasteiger partial charge in [-0.1, -0.05) is 26.8 Å². The maximum atomic E-state index is 4.84. The van der Waals surface area contributed by atoms with E-state index < -0.39 is 0 Å². The molecule has 21 heavy (non-hydrogen) atoms. The van der Waals surface area contributed by atoms with Gasteiger partial charge in [-0.05, 0) is 19.9 Å². The Morgan fingerprint density at radius 3 is 2.57 bits per heavy atom. The van der Waals surface area contributed by atoms with Crippen molar-refractivity contribution >= 4 is 16.7 Å². The molecule has 3 aromatic rings. The van der Waals surface area contributed by atoms with Crippen molar-refractivity contribution in [1.29, 1.82) is 0 Å². The lowest BCUT2D eigenvalue weighted by Gasteiger charge is -2.17. The summed E-state index contributed by atoms with van der Waals surface area (Å²) in [5.74, 6) is 0. The Kier molecular flexibility index (Phi) is 4.29. The summed E-state index contributed by atoms with van der Waals surface area (Å²) in [7, 11) is 0. The second-order valence-electron chi connectivity index (χ2n) is 6.38. The number of aromatic nitrogens is 3. The van der Waals surface area contributed by atoms with Gasteiger partial charge in [-0.15, -0.1) is 0 Å². The predicted octanol–water partition coefficient (Wildman–Crippen LogP) is 0.405. The zero-order valence-corrected chi connectivity index (χ0v) is 15.5. The molecule has 0 atom stereocenters. The van der Waals surface area contributed by atoms with Crippen LogP contribution in [-0.4, -0.2) is 9.38 Å². The van der Waals surface area contributed by atoms with E-state index in [0.717, 1.165) is 17.9 Å². The van der Waals surface area contributed by atoms with Gasteiger partial charge >= 0.3 is 0 Å². The van der Waals surface area contributed by atoms with Crippen molar-refractivity contribution in [3.05, 3.63) is 41.9 Å². The molecule has 112 valence electrons. The van der Waals surface area contributed by atoms with E-state index in [1.54, 1.807) is 0 Å². The SMILES string of the molecule is CC[n+]1c2c(C)nc(C(C)(C)C)cc2n2ccccc21.[I-]. The van der Waals surface area contributed by atoms with Crippen LogP contribution >= 0.6 is 0 Å². The highest BCUT2D eigenvalue weighted by molar-refractivity contribution is 5.78. The van der Waals surface area contributed by atoms with Crippen molar-refractivity contribution in [2.45, 2.75) is 46.6 Å². The molecule has 0 aliphatic heterocycles. The van der Waals surface area contributed by atoms with E-state index in [0.29, 0.717) is 0 Å². The number of pyridine rings is 2. The summed E-state index contributed by atoms with van der Waals surface area (Å²) in [5.41, 5.74) is 6.04. The van der Waals surface area contributed by atoms with E-state index in [-0.39, 0.29) is 29.4 Å². The van der Waals surface area contributed by atoms with Crippen LogP contribution in [0.25, 0.3) is 16.7 Å². The third-order valence-corrected chi connectivity index (χ3v) is 3.88. The van der Waals surface area contributed by atoms with Crippen molar-refractivity contribution in [1.82, 2.24) is 9.38 Å². The Balaban J connectivity index is 0.00000161. The number of hydrogen-bond donors (Lipinski definition) is 0. The second kappa shape index (κ2) is 5.55. The summed E-state index contributed by atoms with van der Waals surface area (Å²) in [6.45, 7) is 11.9. The van der Waals surface area contributed by atoms with Crippen molar-refractivity contribution in [3.63, 3.8) is 0 Å². The van der Waals surface area contributed by atoms with Crippen LogP contribution in [0, 0.1) is 6.92 Å². The summed E-state index contributed by atoms with van der Waals surface area (Å²) in [6, 6.07) is 8.58. The Labute approximate surface area is 143 Å². The van der Waals surface area contributed by atoms with E-state index in [1.807, 2.05) is 0 Å². The van der Waals surface area contributed by atoms with Gasteiger partial charge in [0.15, 0.2) is 11.0 Å². The molecule has 0 amide bonds. The van der Waals surface area contributed by atoms with Crippen LogP contribution in [0.5, 0.6) is 0 Å². The standard InChI is InChI=1S/C17H22N3.HI/c1-6-19-15-9-7-8-10-20(15)13-11-14(17(3,4)5)18-12(2)16(13)19;/h7-11H,6H2,1-5H3;1H/q+1;/p-1. The molecule has 3 aromatic heterocycles. The Morgan fingerprint density at radius 2 is 1.95 bits per heavy atom. The minimum absolute atomic E-state index is 0. The first-order valence-electron chi connectivity index (χ1n) is 7.24. The van der Waals surface area contributed by atoms with E-state index in [2.05, 4.69) is 74.0 Å². The van der Waals surface area contributed by atoms with Gasteiger partial charge in [0.25, 0.3) is 5.65 Å². The quantitative estimate of drug-likeness (QED) is 0.432.